The van der Waals surface area contributed by atoms with Crippen LogP contribution < -0.4 is 10.5 Å². The number of hydrogen-bond acceptors (Lipinski definition) is 4. The van der Waals surface area contributed by atoms with E-state index in [1.54, 1.807) is 6.07 Å². The summed E-state index contributed by atoms with van der Waals surface area (Å²) in [6.07, 6.45) is 3.72. The third kappa shape index (κ3) is 2.75. The predicted molar refractivity (Wildman–Crippen MR) is 117 cm³/mol. The Balaban J connectivity index is 1.38. The van der Waals surface area contributed by atoms with Crippen molar-refractivity contribution in [2.75, 3.05) is 11.4 Å². The first-order valence-corrected chi connectivity index (χ1v) is 10.6. The molecular weight excluding hydrogens is 374 g/mol. The van der Waals surface area contributed by atoms with Crippen LogP contribution in [0.2, 0.25) is 0 Å². The molecule has 6 rings (SSSR count). The molecule has 0 unspecified atom stereocenters. The third-order valence-corrected chi connectivity index (χ3v) is 6.38. The lowest BCUT2D eigenvalue weighted by molar-refractivity contribution is 0.724. The van der Waals surface area contributed by atoms with E-state index in [1.807, 2.05) is 41.9 Å². The Bertz CT molecular complexity index is 1320. The molecule has 4 aromatic rings. The number of nitrogens with zero attached hydrogens (tertiary/aromatic N) is 5. The van der Waals surface area contributed by atoms with Gasteiger partial charge in [0.15, 0.2) is 5.82 Å². The van der Waals surface area contributed by atoms with E-state index >= 15 is 0 Å². The van der Waals surface area contributed by atoms with Crippen LogP contribution in [-0.2, 0) is 20.0 Å². The minimum Gasteiger partial charge on any atom is -0.365 e. The summed E-state index contributed by atoms with van der Waals surface area (Å²) in [6.45, 7) is 1.68. The van der Waals surface area contributed by atoms with Crippen molar-refractivity contribution >= 4 is 11.5 Å². The van der Waals surface area contributed by atoms with Crippen LogP contribution >= 0.6 is 0 Å². The van der Waals surface area contributed by atoms with Crippen molar-refractivity contribution in [2.45, 2.75) is 31.7 Å². The summed E-state index contributed by atoms with van der Waals surface area (Å²) in [5, 5.41) is 4.45. The highest BCUT2D eigenvalue weighted by Gasteiger charge is 2.30. The average Bonchev–Trinajstić information content (AvgIpc) is 3.38. The Morgan fingerprint density at radius 3 is 2.70 bits per heavy atom. The van der Waals surface area contributed by atoms with Crippen molar-refractivity contribution in [2.24, 2.45) is 7.05 Å². The van der Waals surface area contributed by atoms with Crippen molar-refractivity contribution in [1.82, 2.24) is 19.2 Å². The lowest BCUT2D eigenvalue weighted by atomic mass is 10.0. The summed E-state index contributed by atoms with van der Waals surface area (Å²) < 4.78 is 3.39. The van der Waals surface area contributed by atoms with Gasteiger partial charge in [-0.25, -0.2) is 0 Å². The molecule has 6 heteroatoms. The second-order valence-electron chi connectivity index (χ2n) is 8.34. The van der Waals surface area contributed by atoms with Crippen LogP contribution in [0.3, 0.4) is 0 Å². The normalized spacial score (nSPS) is 15.7. The van der Waals surface area contributed by atoms with Crippen LogP contribution in [0.4, 0.5) is 5.69 Å². The molecule has 0 saturated heterocycles. The molecule has 0 atom stereocenters. The Hall–Kier alpha value is -3.41. The van der Waals surface area contributed by atoms with E-state index in [4.69, 9.17) is 0 Å². The lowest BCUT2D eigenvalue weighted by Crippen LogP contribution is -2.26. The monoisotopic (exact) mass is 397 g/mol. The quantitative estimate of drug-likeness (QED) is 0.529. The SMILES string of the molecule is Cn1c(CN2CCc3c(C4CC4)cccc32)cc(=O)n2nc(-c3ccccc3)nc12. The van der Waals surface area contributed by atoms with Crippen LogP contribution in [0, 0.1) is 0 Å². The molecule has 1 aliphatic carbocycles. The molecular formula is C24H23N5O. The van der Waals surface area contributed by atoms with Crippen molar-refractivity contribution in [3.05, 3.63) is 81.8 Å². The summed E-state index contributed by atoms with van der Waals surface area (Å²) in [5.74, 6) is 1.90. The first-order valence-electron chi connectivity index (χ1n) is 10.6. The molecule has 2 aromatic heterocycles. The summed E-state index contributed by atoms with van der Waals surface area (Å²) in [7, 11) is 1.96. The zero-order valence-electron chi connectivity index (χ0n) is 17.0. The van der Waals surface area contributed by atoms with E-state index in [0.29, 0.717) is 18.1 Å². The predicted octanol–water partition coefficient (Wildman–Crippen LogP) is 3.54. The number of fused-ring (bicyclic) bond motifs is 2. The second-order valence-corrected chi connectivity index (χ2v) is 8.34. The van der Waals surface area contributed by atoms with Crippen molar-refractivity contribution < 1.29 is 0 Å². The largest absolute Gasteiger partial charge is 0.365 e. The molecule has 2 aliphatic rings. The van der Waals surface area contributed by atoms with Gasteiger partial charge in [0.25, 0.3) is 5.56 Å². The van der Waals surface area contributed by atoms with Crippen molar-refractivity contribution in [3.8, 4) is 11.4 Å². The molecule has 0 N–H and O–H groups in total. The van der Waals surface area contributed by atoms with Gasteiger partial charge >= 0.3 is 0 Å². The first-order chi connectivity index (χ1) is 14.7. The lowest BCUT2D eigenvalue weighted by Gasteiger charge is -2.21. The van der Waals surface area contributed by atoms with Gasteiger partial charge in [0.1, 0.15) is 0 Å². The highest BCUT2D eigenvalue weighted by Crippen LogP contribution is 2.45. The molecule has 3 heterocycles. The molecule has 30 heavy (non-hydrogen) atoms. The number of hydrogen-bond donors (Lipinski definition) is 0. The van der Waals surface area contributed by atoms with E-state index in [-0.39, 0.29) is 5.56 Å². The van der Waals surface area contributed by atoms with Crippen LogP contribution in [0.5, 0.6) is 0 Å². The van der Waals surface area contributed by atoms with Gasteiger partial charge in [-0.3, -0.25) is 4.79 Å². The highest BCUT2D eigenvalue weighted by atomic mass is 16.1. The van der Waals surface area contributed by atoms with Crippen LogP contribution in [0.1, 0.15) is 35.6 Å². The smallest absolute Gasteiger partial charge is 0.275 e. The van der Waals surface area contributed by atoms with Crippen molar-refractivity contribution in [3.63, 3.8) is 0 Å². The summed E-state index contributed by atoms with van der Waals surface area (Å²) >= 11 is 0. The second kappa shape index (κ2) is 6.55. The maximum absolute atomic E-state index is 12.8. The number of benzene rings is 2. The van der Waals surface area contributed by atoms with Crippen LogP contribution in [0.25, 0.3) is 17.2 Å². The van der Waals surface area contributed by atoms with Crippen LogP contribution in [-0.4, -0.2) is 25.7 Å². The molecule has 1 fully saturated rings. The van der Waals surface area contributed by atoms with Gasteiger partial charge in [-0.1, -0.05) is 42.5 Å². The van der Waals surface area contributed by atoms with Gasteiger partial charge in [-0.2, -0.15) is 9.50 Å². The van der Waals surface area contributed by atoms with Gasteiger partial charge in [0.05, 0.1) is 6.54 Å². The number of anilines is 1. The van der Waals surface area contributed by atoms with E-state index in [0.717, 1.165) is 30.1 Å². The summed E-state index contributed by atoms with van der Waals surface area (Å²) in [4.78, 5) is 19.9. The minimum absolute atomic E-state index is 0.140. The van der Waals surface area contributed by atoms with Crippen molar-refractivity contribution in [1.29, 1.82) is 0 Å². The highest BCUT2D eigenvalue weighted by molar-refractivity contribution is 5.62. The maximum Gasteiger partial charge on any atom is 0.275 e. The standard InChI is InChI=1S/C24H23N5O/c1-27-18(15-28-13-12-20-19(16-10-11-16)8-5-9-21(20)28)14-22(30)29-24(27)25-23(26-29)17-6-3-2-4-7-17/h2-9,14,16H,10-13,15H2,1H3. The molecule has 1 saturated carbocycles. The minimum atomic E-state index is -0.140. The van der Waals surface area contributed by atoms with Gasteiger partial charge in [0, 0.05) is 36.6 Å². The summed E-state index contributed by atoms with van der Waals surface area (Å²) in [5.41, 5.74) is 6.06. The molecule has 0 radical (unpaired) electrons. The fourth-order valence-electron chi connectivity index (χ4n) is 4.62. The molecule has 0 spiro atoms. The van der Waals surface area contributed by atoms with Crippen LogP contribution in [0.15, 0.2) is 59.4 Å². The molecule has 0 amide bonds. The molecule has 6 nitrogen and oxygen atoms in total. The number of aryl methyl sites for hydroxylation is 1. The zero-order valence-corrected chi connectivity index (χ0v) is 17.0. The molecule has 0 bridgehead atoms. The van der Waals surface area contributed by atoms with E-state index in [9.17, 15) is 4.79 Å². The van der Waals surface area contributed by atoms with Gasteiger partial charge in [-0.05, 0) is 42.4 Å². The van der Waals surface area contributed by atoms with Gasteiger partial charge in [-0.15, -0.1) is 5.10 Å². The Kier molecular flexibility index (Phi) is 3.81. The van der Waals surface area contributed by atoms with E-state index < -0.39 is 0 Å². The summed E-state index contributed by atoms with van der Waals surface area (Å²) in [6, 6.07) is 18.2. The third-order valence-electron chi connectivity index (χ3n) is 6.38. The number of rotatable bonds is 4. The van der Waals surface area contributed by atoms with Gasteiger partial charge < -0.3 is 9.47 Å². The topological polar surface area (TPSA) is 55.4 Å². The average molecular weight is 397 g/mol. The Labute approximate surface area is 174 Å². The Morgan fingerprint density at radius 2 is 1.90 bits per heavy atom. The van der Waals surface area contributed by atoms with E-state index in [1.165, 1.54) is 34.2 Å². The molecule has 1 aliphatic heterocycles. The fraction of sp³-hybridized carbons (Fsp3) is 0.292. The Morgan fingerprint density at radius 1 is 1.07 bits per heavy atom. The fourth-order valence-corrected chi connectivity index (χ4v) is 4.62. The van der Waals surface area contributed by atoms with Gasteiger partial charge in [0.2, 0.25) is 5.78 Å². The zero-order chi connectivity index (χ0) is 20.2. The number of aromatic nitrogens is 4. The molecule has 150 valence electrons. The molecule has 2 aromatic carbocycles. The first kappa shape index (κ1) is 17.4. The maximum atomic E-state index is 12.8. The van der Waals surface area contributed by atoms with E-state index in [2.05, 4.69) is 33.2 Å².